The molecule has 3 aliphatic heterocycles. The first-order valence-electron chi connectivity index (χ1n) is 12.0. The van der Waals surface area contributed by atoms with Crippen LogP contribution in [0.5, 0.6) is 11.5 Å². The zero-order valence-electron chi connectivity index (χ0n) is 20.4. The lowest BCUT2D eigenvalue weighted by Gasteiger charge is -2.46. The molecule has 0 saturated carbocycles. The maximum absolute atomic E-state index is 11.7. The van der Waals surface area contributed by atoms with Gasteiger partial charge in [-0.1, -0.05) is 13.0 Å². The fourth-order valence-corrected chi connectivity index (χ4v) is 4.62. The molecular formula is C26H32N4O5. The van der Waals surface area contributed by atoms with E-state index in [1.165, 1.54) is 5.56 Å². The van der Waals surface area contributed by atoms with E-state index in [-0.39, 0.29) is 6.23 Å². The van der Waals surface area contributed by atoms with Gasteiger partial charge in [-0.05, 0) is 60.9 Å². The summed E-state index contributed by atoms with van der Waals surface area (Å²) in [4.78, 5) is 14.0. The van der Waals surface area contributed by atoms with Crippen molar-refractivity contribution in [2.45, 2.75) is 51.3 Å². The maximum Gasteiger partial charge on any atom is 0.260 e. The van der Waals surface area contributed by atoms with Gasteiger partial charge in [0.05, 0.1) is 12.7 Å². The van der Waals surface area contributed by atoms with Crippen molar-refractivity contribution in [3.8, 4) is 11.5 Å². The van der Waals surface area contributed by atoms with E-state index in [9.17, 15) is 9.90 Å². The van der Waals surface area contributed by atoms with Crippen LogP contribution in [0.2, 0.25) is 0 Å². The largest absolute Gasteiger partial charge is 0.497 e. The predicted molar refractivity (Wildman–Crippen MR) is 130 cm³/mol. The molecule has 35 heavy (non-hydrogen) atoms. The molecule has 0 bridgehead atoms. The van der Waals surface area contributed by atoms with Crippen LogP contribution in [0.3, 0.4) is 0 Å². The predicted octanol–water partition coefficient (Wildman–Crippen LogP) is 2.50. The first-order chi connectivity index (χ1) is 16.9. The molecule has 2 fully saturated rings. The number of ether oxygens (including phenoxy) is 3. The normalized spacial score (nSPS) is 23.7. The van der Waals surface area contributed by atoms with Gasteiger partial charge in [-0.3, -0.25) is 9.69 Å². The number of hydrogen-bond donors (Lipinski definition) is 1. The van der Waals surface area contributed by atoms with E-state index in [0.29, 0.717) is 25.5 Å². The van der Waals surface area contributed by atoms with E-state index in [0.717, 1.165) is 48.3 Å². The van der Waals surface area contributed by atoms with Gasteiger partial charge in [0.2, 0.25) is 5.90 Å². The first kappa shape index (κ1) is 23.6. The van der Waals surface area contributed by atoms with E-state index in [1.54, 1.807) is 12.2 Å². The van der Waals surface area contributed by atoms with Crippen molar-refractivity contribution < 1.29 is 24.1 Å². The smallest absolute Gasteiger partial charge is 0.260 e. The third kappa shape index (κ3) is 4.71. The molecule has 2 unspecified atom stereocenters. The van der Waals surface area contributed by atoms with Crippen LogP contribution < -0.4 is 9.47 Å². The quantitative estimate of drug-likeness (QED) is 0.548. The summed E-state index contributed by atoms with van der Waals surface area (Å²) >= 11 is 0. The summed E-state index contributed by atoms with van der Waals surface area (Å²) in [6.45, 7) is 7.06. The molecule has 186 valence electrons. The van der Waals surface area contributed by atoms with Crippen LogP contribution in [0.25, 0.3) is 0 Å². The molecule has 0 aromatic heterocycles. The standard InChI is InChI=1S/C26H32N4O5/c1-4-26(32)16-28(17-26)14-20-7-10-22(13-18(20)2)34-23-11-12-29(23)30-24(15-31)35-25(27-30)19-5-8-21(33-3)9-6-19/h5-10,13,15,23-24,32H,4,11-12,14,16-17H2,1-3H3. The monoisotopic (exact) mass is 480 g/mol. The molecule has 2 atom stereocenters. The number of rotatable bonds is 9. The van der Waals surface area contributed by atoms with Crippen molar-refractivity contribution in [2.24, 2.45) is 5.10 Å². The van der Waals surface area contributed by atoms with Crippen LogP contribution in [0.4, 0.5) is 0 Å². The number of nitrogens with zero attached hydrogens (tertiary/aromatic N) is 4. The van der Waals surface area contributed by atoms with Gasteiger partial charge in [-0.2, -0.15) is 10.1 Å². The molecule has 3 aliphatic rings. The van der Waals surface area contributed by atoms with Crippen LogP contribution in [0, 0.1) is 6.92 Å². The number of likely N-dealkylation sites (tertiary alicyclic amines) is 1. The second-order valence-corrected chi connectivity index (χ2v) is 9.43. The third-order valence-corrected chi connectivity index (χ3v) is 6.98. The highest BCUT2D eigenvalue weighted by molar-refractivity contribution is 5.95. The summed E-state index contributed by atoms with van der Waals surface area (Å²) in [5.41, 5.74) is 2.61. The summed E-state index contributed by atoms with van der Waals surface area (Å²) in [5, 5.41) is 18.3. The fourth-order valence-electron chi connectivity index (χ4n) is 4.62. The van der Waals surface area contributed by atoms with Crippen molar-refractivity contribution in [1.82, 2.24) is 15.0 Å². The van der Waals surface area contributed by atoms with Gasteiger partial charge in [0, 0.05) is 38.2 Å². The van der Waals surface area contributed by atoms with E-state index in [2.05, 4.69) is 23.0 Å². The van der Waals surface area contributed by atoms with Crippen molar-refractivity contribution >= 4 is 12.2 Å². The number of hydrazone groups is 1. The van der Waals surface area contributed by atoms with Gasteiger partial charge < -0.3 is 19.3 Å². The summed E-state index contributed by atoms with van der Waals surface area (Å²) in [5.74, 6) is 1.90. The fraction of sp³-hybridized carbons (Fsp3) is 0.462. The highest BCUT2D eigenvalue weighted by Crippen LogP contribution is 2.31. The number of hydrogen-bond acceptors (Lipinski definition) is 9. The molecule has 0 radical (unpaired) electrons. The van der Waals surface area contributed by atoms with E-state index in [4.69, 9.17) is 14.2 Å². The molecule has 0 aliphatic carbocycles. The Morgan fingerprint density at radius 3 is 2.54 bits per heavy atom. The van der Waals surface area contributed by atoms with Gasteiger partial charge in [-0.25, -0.2) is 0 Å². The van der Waals surface area contributed by atoms with E-state index < -0.39 is 11.8 Å². The van der Waals surface area contributed by atoms with Crippen molar-refractivity contribution in [3.05, 3.63) is 59.2 Å². The Kier molecular flexibility index (Phi) is 6.39. The van der Waals surface area contributed by atoms with E-state index >= 15 is 0 Å². The summed E-state index contributed by atoms with van der Waals surface area (Å²) in [7, 11) is 1.61. The second kappa shape index (κ2) is 9.49. The number of aldehydes is 1. The average molecular weight is 481 g/mol. The number of methoxy groups -OCH3 is 1. The molecule has 5 rings (SSSR count). The molecule has 3 heterocycles. The Morgan fingerprint density at radius 1 is 1.20 bits per heavy atom. The zero-order chi connectivity index (χ0) is 24.6. The highest BCUT2D eigenvalue weighted by atomic mass is 16.6. The van der Waals surface area contributed by atoms with Crippen LogP contribution in [0.15, 0.2) is 47.6 Å². The lowest BCUT2D eigenvalue weighted by atomic mass is 9.90. The Hall–Kier alpha value is -3.14. The number of aliphatic hydroxyl groups is 1. The summed E-state index contributed by atoms with van der Waals surface area (Å²) in [6.07, 6.45) is 1.27. The number of carbonyl (C=O) groups excluding carboxylic acids is 1. The van der Waals surface area contributed by atoms with Crippen LogP contribution in [-0.4, -0.2) is 77.1 Å². The number of hydrazine groups is 1. The molecule has 2 aromatic rings. The highest BCUT2D eigenvalue weighted by Gasteiger charge is 2.42. The molecule has 9 nitrogen and oxygen atoms in total. The molecule has 1 N–H and O–H groups in total. The SMILES string of the molecule is CCC1(O)CN(Cc2ccc(OC3CCN3N3N=C(c4ccc(OC)cc4)OC3C=O)cc2C)C1. The Morgan fingerprint density at radius 2 is 1.94 bits per heavy atom. The molecule has 9 heteroatoms. The molecule has 2 saturated heterocycles. The maximum atomic E-state index is 11.7. The minimum atomic E-state index is -0.832. The Bertz CT molecular complexity index is 1100. The van der Waals surface area contributed by atoms with E-state index in [1.807, 2.05) is 48.3 Å². The lowest BCUT2D eigenvalue weighted by Crippen LogP contribution is -2.60. The molecule has 2 aromatic carbocycles. The molecule has 0 spiro atoms. The van der Waals surface area contributed by atoms with Gasteiger partial charge >= 0.3 is 0 Å². The number of aryl methyl sites for hydroxylation is 1. The Balaban J connectivity index is 1.22. The molecular weight excluding hydrogens is 448 g/mol. The first-order valence-corrected chi connectivity index (χ1v) is 12.0. The summed E-state index contributed by atoms with van der Waals surface area (Å²) < 4.78 is 17.2. The second-order valence-electron chi connectivity index (χ2n) is 9.43. The third-order valence-electron chi connectivity index (χ3n) is 6.98. The number of carbonyl (C=O) groups is 1. The van der Waals surface area contributed by atoms with Crippen LogP contribution in [-0.2, 0) is 16.1 Å². The zero-order valence-corrected chi connectivity index (χ0v) is 20.4. The minimum absolute atomic E-state index is 0.236. The van der Waals surface area contributed by atoms with Crippen LogP contribution >= 0.6 is 0 Å². The minimum Gasteiger partial charge on any atom is -0.497 e. The topological polar surface area (TPSA) is 87.1 Å². The van der Waals surface area contributed by atoms with Crippen molar-refractivity contribution in [2.75, 3.05) is 26.7 Å². The van der Waals surface area contributed by atoms with Crippen molar-refractivity contribution in [3.63, 3.8) is 0 Å². The van der Waals surface area contributed by atoms with Gasteiger partial charge in [0.1, 0.15) is 11.5 Å². The van der Waals surface area contributed by atoms with Gasteiger partial charge in [0.25, 0.3) is 6.23 Å². The summed E-state index contributed by atoms with van der Waals surface area (Å²) in [6, 6.07) is 13.5. The molecule has 0 amide bonds. The van der Waals surface area contributed by atoms with Gasteiger partial charge in [-0.15, -0.1) is 5.10 Å². The Labute approximate surface area is 205 Å². The van der Waals surface area contributed by atoms with Gasteiger partial charge in [0.15, 0.2) is 12.5 Å². The lowest BCUT2D eigenvalue weighted by molar-refractivity contribution is -0.218. The number of benzene rings is 2. The number of β-amino-alcohol motifs (C(OH)–C–C–N with tert-alkyl or cyclic N) is 1. The van der Waals surface area contributed by atoms with Crippen molar-refractivity contribution in [1.29, 1.82) is 0 Å². The average Bonchev–Trinajstić information content (AvgIpc) is 3.25. The van der Waals surface area contributed by atoms with Crippen LogP contribution in [0.1, 0.15) is 36.5 Å².